The van der Waals surface area contributed by atoms with Crippen LogP contribution >= 0.6 is 23.2 Å². The van der Waals surface area contributed by atoms with Gasteiger partial charge in [0.1, 0.15) is 0 Å². The van der Waals surface area contributed by atoms with Crippen molar-refractivity contribution in [2.24, 2.45) is 5.92 Å². The van der Waals surface area contributed by atoms with E-state index in [1.807, 2.05) is 0 Å². The molecule has 7 heteroatoms. The number of sulfonamides is 1. The van der Waals surface area contributed by atoms with E-state index < -0.39 is 10.0 Å². The van der Waals surface area contributed by atoms with Crippen LogP contribution in [0, 0.1) is 5.92 Å². The smallest absolute Gasteiger partial charge is 0.240 e. The monoisotopic (exact) mass is 322 g/mol. The van der Waals surface area contributed by atoms with E-state index >= 15 is 0 Å². The molecule has 0 amide bonds. The maximum Gasteiger partial charge on any atom is 0.240 e. The predicted molar refractivity (Wildman–Crippen MR) is 77.2 cm³/mol. The number of benzene rings is 1. The normalized spacial score (nSPS) is 19.8. The first kappa shape index (κ1) is 15.1. The molecule has 0 bridgehead atoms. The Hall–Kier alpha value is -0.330. The summed E-state index contributed by atoms with van der Waals surface area (Å²) in [6.45, 7) is 2.41. The molecule has 1 aliphatic heterocycles. The molecule has 2 N–H and O–H groups in total. The van der Waals surface area contributed by atoms with Crippen molar-refractivity contribution in [3.63, 3.8) is 0 Å². The highest BCUT2D eigenvalue weighted by Gasteiger charge is 2.18. The first-order chi connectivity index (χ1) is 8.97. The zero-order chi connectivity index (χ0) is 13.9. The standard InChI is InChI=1S/C12H16Cl2N2O2S/c13-10-5-11(14)7-12(6-10)19(17,18)16-4-2-9-1-3-15-8-9/h5-7,9,15-16H,1-4,8H2. The number of hydrogen-bond acceptors (Lipinski definition) is 3. The summed E-state index contributed by atoms with van der Waals surface area (Å²) in [5, 5.41) is 3.88. The van der Waals surface area contributed by atoms with Gasteiger partial charge in [-0.2, -0.15) is 0 Å². The van der Waals surface area contributed by atoms with Gasteiger partial charge in [-0.05, 0) is 50.0 Å². The summed E-state index contributed by atoms with van der Waals surface area (Å²) < 4.78 is 26.7. The van der Waals surface area contributed by atoms with Crippen molar-refractivity contribution in [3.05, 3.63) is 28.2 Å². The summed E-state index contributed by atoms with van der Waals surface area (Å²) in [4.78, 5) is 0.106. The van der Waals surface area contributed by atoms with Crippen molar-refractivity contribution in [2.45, 2.75) is 17.7 Å². The summed E-state index contributed by atoms with van der Waals surface area (Å²) in [6, 6.07) is 4.30. The molecule has 0 saturated carbocycles. The second-order valence-corrected chi connectivity index (χ2v) is 7.29. The second kappa shape index (κ2) is 6.41. The zero-order valence-electron chi connectivity index (χ0n) is 10.3. The largest absolute Gasteiger partial charge is 0.316 e. The van der Waals surface area contributed by atoms with Gasteiger partial charge in [0.2, 0.25) is 10.0 Å². The lowest BCUT2D eigenvalue weighted by molar-refractivity contribution is 0.519. The van der Waals surface area contributed by atoms with Crippen molar-refractivity contribution < 1.29 is 8.42 Å². The Morgan fingerprint density at radius 1 is 1.26 bits per heavy atom. The fraction of sp³-hybridized carbons (Fsp3) is 0.500. The van der Waals surface area contributed by atoms with E-state index in [4.69, 9.17) is 23.2 Å². The van der Waals surface area contributed by atoms with Gasteiger partial charge in [-0.1, -0.05) is 23.2 Å². The number of rotatable bonds is 5. The zero-order valence-corrected chi connectivity index (χ0v) is 12.7. The fourth-order valence-electron chi connectivity index (χ4n) is 2.13. The molecular weight excluding hydrogens is 307 g/mol. The van der Waals surface area contributed by atoms with Crippen LogP contribution in [-0.2, 0) is 10.0 Å². The van der Waals surface area contributed by atoms with E-state index in [1.54, 1.807) is 0 Å². The van der Waals surface area contributed by atoms with E-state index in [9.17, 15) is 8.42 Å². The molecule has 1 atom stereocenters. The van der Waals surface area contributed by atoms with Crippen LogP contribution in [0.4, 0.5) is 0 Å². The summed E-state index contributed by atoms with van der Waals surface area (Å²) in [5.74, 6) is 0.547. The maximum atomic E-state index is 12.1. The maximum absolute atomic E-state index is 12.1. The Kier molecular flexibility index (Phi) is 5.09. The Labute approximate surface area is 123 Å². The lowest BCUT2D eigenvalue weighted by Crippen LogP contribution is -2.26. The van der Waals surface area contributed by atoms with Crippen molar-refractivity contribution in [3.8, 4) is 0 Å². The molecule has 0 aromatic heterocycles. The highest BCUT2D eigenvalue weighted by molar-refractivity contribution is 7.89. The summed E-state index contributed by atoms with van der Waals surface area (Å²) in [5.41, 5.74) is 0. The highest BCUT2D eigenvalue weighted by Crippen LogP contribution is 2.22. The van der Waals surface area contributed by atoms with Gasteiger partial charge in [-0.15, -0.1) is 0 Å². The minimum atomic E-state index is -3.54. The van der Waals surface area contributed by atoms with Crippen LogP contribution in [-0.4, -0.2) is 28.1 Å². The number of hydrogen-bond donors (Lipinski definition) is 2. The molecule has 1 aromatic carbocycles. The topological polar surface area (TPSA) is 58.2 Å². The molecule has 2 rings (SSSR count). The van der Waals surface area contributed by atoms with Crippen molar-refractivity contribution in [2.75, 3.05) is 19.6 Å². The van der Waals surface area contributed by atoms with Crippen LogP contribution in [0.15, 0.2) is 23.1 Å². The van der Waals surface area contributed by atoms with E-state index in [0.29, 0.717) is 22.5 Å². The number of nitrogens with one attached hydrogen (secondary N) is 2. The van der Waals surface area contributed by atoms with Gasteiger partial charge in [0.15, 0.2) is 0 Å². The lowest BCUT2D eigenvalue weighted by Gasteiger charge is -2.10. The fourth-order valence-corrected chi connectivity index (χ4v) is 3.90. The summed E-state index contributed by atoms with van der Waals surface area (Å²) in [6.07, 6.45) is 1.94. The summed E-state index contributed by atoms with van der Waals surface area (Å²) in [7, 11) is -3.54. The average molecular weight is 323 g/mol. The van der Waals surface area contributed by atoms with Crippen molar-refractivity contribution in [1.82, 2.24) is 10.0 Å². The van der Waals surface area contributed by atoms with Gasteiger partial charge in [0.25, 0.3) is 0 Å². The molecule has 1 aromatic rings. The molecule has 1 heterocycles. The van der Waals surface area contributed by atoms with Gasteiger partial charge in [0, 0.05) is 16.6 Å². The van der Waals surface area contributed by atoms with Crippen LogP contribution in [0.2, 0.25) is 10.0 Å². The van der Waals surface area contributed by atoms with Crippen LogP contribution < -0.4 is 10.0 Å². The minimum Gasteiger partial charge on any atom is -0.316 e. The third kappa shape index (κ3) is 4.33. The van der Waals surface area contributed by atoms with E-state index in [-0.39, 0.29) is 4.90 Å². The van der Waals surface area contributed by atoms with Crippen molar-refractivity contribution >= 4 is 33.2 Å². The first-order valence-corrected chi connectivity index (χ1v) is 8.38. The molecule has 1 fully saturated rings. The van der Waals surface area contributed by atoms with E-state index in [2.05, 4.69) is 10.0 Å². The Morgan fingerprint density at radius 3 is 2.53 bits per heavy atom. The van der Waals surface area contributed by atoms with Crippen LogP contribution in [0.3, 0.4) is 0 Å². The Balaban J connectivity index is 1.97. The van der Waals surface area contributed by atoms with E-state index in [0.717, 1.165) is 25.9 Å². The first-order valence-electron chi connectivity index (χ1n) is 6.14. The van der Waals surface area contributed by atoms with Crippen LogP contribution in [0.25, 0.3) is 0 Å². The highest BCUT2D eigenvalue weighted by atomic mass is 35.5. The van der Waals surface area contributed by atoms with Crippen LogP contribution in [0.1, 0.15) is 12.8 Å². The van der Waals surface area contributed by atoms with E-state index in [1.165, 1.54) is 18.2 Å². The SMILES string of the molecule is O=S(=O)(NCCC1CCNC1)c1cc(Cl)cc(Cl)c1. The third-order valence-corrected chi connectivity index (χ3v) is 5.03. The van der Waals surface area contributed by atoms with Gasteiger partial charge in [-0.25, -0.2) is 13.1 Å². The van der Waals surface area contributed by atoms with Gasteiger partial charge < -0.3 is 5.32 Å². The molecular formula is C12H16Cl2N2O2S. The molecule has 1 saturated heterocycles. The Bertz CT molecular complexity index is 522. The molecule has 0 aliphatic carbocycles. The average Bonchev–Trinajstić information content (AvgIpc) is 2.80. The Morgan fingerprint density at radius 2 is 1.95 bits per heavy atom. The molecule has 1 unspecified atom stereocenters. The summed E-state index contributed by atoms with van der Waals surface area (Å²) >= 11 is 11.6. The van der Waals surface area contributed by atoms with Gasteiger partial charge in [-0.3, -0.25) is 0 Å². The molecule has 0 spiro atoms. The van der Waals surface area contributed by atoms with Crippen LogP contribution in [0.5, 0.6) is 0 Å². The lowest BCUT2D eigenvalue weighted by atomic mass is 10.1. The third-order valence-electron chi connectivity index (χ3n) is 3.15. The van der Waals surface area contributed by atoms with Gasteiger partial charge >= 0.3 is 0 Å². The molecule has 19 heavy (non-hydrogen) atoms. The minimum absolute atomic E-state index is 0.106. The molecule has 1 aliphatic rings. The number of halogens is 2. The quantitative estimate of drug-likeness (QED) is 0.874. The molecule has 106 valence electrons. The second-order valence-electron chi connectivity index (χ2n) is 4.65. The van der Waals surface area contributed by atoms with Crippen molar-refractivity contribution in [1.29, 1.82) is 0 Å². The van der Waals surface area contributed by atoms with Gasteiger partial charge in [0.05, 0.1) is 4.90 Å². The molecule has 0 radical (unpaired) electrons. The predicted octanol–water partition coefficient (Wildman–Crippen LogP) is 2.27. The molecule has 4 nitrogen and oxygen atoms in total.